The van der Waals surface area contributed by atoms with Crippen molar-refractivity contribution in [2.24, 2.45) is 10.00 Å². The molecule has 20 heavy (non-hydrogen) atoms. The molecule has 0 fully saturated rings. The van der Waals surface area contributed by atoms with Crippen molar-refractivity contribution in [1.29, 1.82) is 0 Å². The quantitative estimate of drug-likeness (QED) is 0.139. The Kier molecular flexibility index (Phi) is 7.19. The molecule has 0 N–H and O–H groups in total. The van der Waals surface area contributed by atoms with Crippen LogP contribution in [0.3, 0.4) is 0 Å². The van der Waals surface area contributed by atoms with E-state index < -0.39 is 21.3 Å². The van der Waals surface area contributed by atoms with E-state index in [4.69, 9.17) is 56.9 Å². The van der Waals surface area contributed by atoms with Crippen LogP contribution in [0.2, 0.25) is 0 Å². The second kappa shape index (κ2) is 7.92. The summed E-state index contributed by atoms with van der Waals surface area (Å²) >= 11 is 28.6. The monoisotopic (exact) mass is 397 g/mol. The number of nitrogens with zero attached hydrogens (tertiary/aromatic N) is 3. The van der Waals surface area contributed by atoms with Gasteiger partial charge in [-0.25, -0.2) is 0 Å². The molecule has 2 unspecified atom stereocenters. The minimum atomic E-state index is -3.20. The van der Waals surface area contributed by atoms with Crippen LogP contribution in [0.1, 0.15) is 17.4 Å². The van der Waals surface area contributed by atoms with E-state index in [1.54, 1.807) is 12.1 Å². The summed E-state index contributed by atoms with van der Waals surface area (Å²) in [6, 6.07) is 5.84. The van der Waals surface area contributed by atoms with Crippen molar-refractivity contribution < 1.29 is 4.92 Å². The maximum atomic E-state index is 10.5. The third-order valence-corrected chi connectivity index (χ3v) is 3.88. The van der Waals surface area contributed by atoms with Gasteiger partial charge in [0.05, 0.1) is 0 Å². The SMILES string of the molecule is O=[N+]([O-])c1ccc(C(Cl)CC(Cl)N=N[PH](Cl)(Cl)Cl)cc1. The van der Waals surface area contributed by atoms with Gasteiger partial charge in [0, 0.05) is 0 Å². The van der Waals surface area contributed by atoms with Crippen molar-refractivity contribution in [3.63, 3.8) is 0 Å². The fourth-order valence-corrected chi connectivity index (χ4v) is 2.65. The van der Waals surface area contributed by atoms with E-state index in [9.17, 15) is 10.1 Å². The normalized spacial score (nSPS) is 16.1. The molecule has 0 spiro atoms. The van der Waals surface area contributed by atoms with Crippen LogP contribution in [0, 0.1) is 10.1 Å². The molecule has 11 heteroatoms. The summed E-state index contributed by atoms with van der Waals surface area (Å²) in [5.74, 6) is 0. The van der Waals surface area contributed by atoms with Gasteiger partial charge < -0.3 is 0 Å². The van der Waals surface area contributed by atoms with Gasteiger partial charge in [-0.05, 0) is 0 Å². The Morgan fingerprint density at radius 3 is 2.20 bits per heavy atom. The van der Waals surface area contributed by atoms with Crippen molar-refractivity contribution >= 4 is 68.1 Å². The molecule has 0 aliphatic rings. The molecule has 5 nitrogen and oxygen atoms in total. The number of non-ortho nitro benzene ring substituents is 1. The number of benzene rings is 1. The number of hydrogen-bond donors (Lipinski definition) is 0. The van der Waals surface area contributed by atoms with Gasteiger partial charge in [-0.1, -0.05) is 0 Å². The van der Waals surface area contributed by atoms with Crippen LogP contribution >= 0.6 is 62.4 Å². The first-order valence-corrected chi connectivity index (χ1v) is 11.1. The molecule has 0 aliphatic carbocycles. The van der Waals surface area contributed by atoms with E-state index in [0.717, 1.165) is 0 Å². The number of nitro groups is 1. The molecule has 0 saturated carbocycles. The topological polar surface area (TPSA) is 67.9 Å². The first-order chi connectivity index (χ1) is 9.19. The van der Waals surface area contributed by atoms with Crippen LogP contribution < -0.4 is 0 Å². The van der Waals surface area contributed by atoms with Crippen LogP contribution in [0.4, 0.5) is 5.69 Å². The number of alkyl halides is 2. The molecule has 0 radical (unpaired) electrons. The molecule has 0 saturated heterocycles. The van der Waals surface area contributed by atoms with Crippen LogP contribution in [-0.2, 0) is 0 Å². The molecule has 1 rings (SSSR count). The van der Waals surface area contributed by atoms with Crippen molar-refractivity contribution in [3.05, 3.63) is 39.9 Å². The average molecular weight is 399 g/mol. The fraction of sp³-hybridized carbons (Fsp3) is 0.333. The zero-order valence-electron chi connectivity index (χ0n) is 9.72. The molecule has 0 aliphatic heterocycles. The molecule has 2 atom stereocenters. The second-order valence-corrected chi connectivity index (χ2v) is 12.5. The van der Waals surface area contributed by atoms with Crippen molar-refractivity contribution in [2.75, 3.05) is 0 Å². The summed E-state index contributed by atoms with van der Waals surface area (Å²) in [6.07, 6.45) is 0.250. The summed E-state index contributed by atoms with van der Waals surface area (Å²) in [6.45, 7) is 0. The Morgan fingerprint density at radius 2 is 1.75 bits per heavy atom. The number of hydrogen-bond acceptors (Lipinski definition) is 4. The van der Waals surface area contributed by atoms with Gasteiger partial charge in [0.1, 0.15) is 0 Å². The molecule has 0 bridgehead atoms. The van der Waals surface area contributed by atoms with Gasteiger partial charge in [-0.3, -0.25) is 0 Å². The zero-order valence-corrected chi connectivity index (χ0v) is 14.5. The maximum absolute atomic E-state index is 10.5. The third kappa shape index (κ3) is 6.70. The molecule has 0 aromatic heterocycles. The second-order valence-electron chi connectivity index (χ2n) is 3.67. The zero-order chi connectivity index (χ0) is 15.3. The van der Waals surface area contributed by atoms with Crippen molar-refractivity contribution in [3.8, 4) is 0 Å². The Bertz CT molecular complexity index is 493. The number of rotatable bonds is 6. The molecule has 0 amide bonds. The van der Waals surface area contributed by atoms with E-state index in [0.29, 0.717) is 5.56 Å². The van der Waals surface area contributed by atoms with Gasteiger partial charge >= 0.3 is 140 Å². The Labute approximate surface area is 140 Å². The van der Waals surface area contributed by atoms with Crippen molar-refractivity contribution in [2.45, 2.75) is 17.3 Å². The van der Waals surface area contributed by atoms with Gasteiger partial charge in [0.15, 0.2) is 0 Å². The first-order valence-electron chi connectivity index (χ1n) is 5.20. The van der Waals surface area contributed by atoms with Gasteiger partial charge in [0.25, 0.3) is 0 Å². The molecular weight excluding hydrogens is 390 g/mol. The first kappa shape index (κ1) is 18.1. The van der Waals surface area contributed by atoms with Gasteiger partial charge in [0.2, 0.25) is 0 Å². The summed E-state index contributed by atoms with van der Waals surface area (Å²) < 4.78 is 0. The average Bonchev–Trinajstić information content (AvgIpc) is 2.35. The van der Waals surface area contributed by atoms with E-state index in [1.807, 2.05) is 0 Å². The summed E-state index contributed by atoms with van der Waals surface area (Å²) in [4.78, 5) is 13.6. The Balaban J connectivity index is 2.64. The predicted molar refractivity (Wildman–Crippen MR) is 86.7 cm³/mol. The van der Waals surface area contributed by atoms with E-state index in [2.05, 4.69) is 10.00 Å². The van der Waals surface area contributed by atoms with E-state index in [-0.39, 0.29) is 12.1 Å². The third-order valence-electron chi connectivity index (χ3n) is 2.16. The van der Waals surface area contributed by atoms with Gasteiger partial charge in [-0.2, -0.15) is 0 Å². The Morgan fingerprint density at radius 1 is 1.20 bits per heavy atom. The van der Waals surface area contributed by atoms with Crippen LogP contribution in [0.25, 0.3) is 0 Å². The summed E-state index contributed by atoms with van der Waals surface area (Å²) in [5.41, 5.74) is -3.27. The molecular formula is C9H9Cl5N3O2P. The van der Waals surface area contributed by atoms with E-state index >= 15 is 0 Å². The summed E-state index contributed by atoms with van der Waals surface area (Å²) in [7, 11) is 0. The predicted octanol–water partition coefficient (Wildman–Crippen LogP) is 6.41. The molecule has 1 aromatic carbocycles. The standard InChI is InChI=1S/C9H9Cl5N3O2P/c10-8(5-9(11)15-16-20(12,13)14)6-1-3-7(4-2-6)17(18)19/h1-4,8-9,20H,5H2. The van der Waals surface area contributed by atoms with Crippen molar-refractivity contribution in [1.82, 2.24) is 0 Å². The molecule has 112 valence electrons. The van der Waals surface area contributed by atoms with Gasteiger partial charge in [-0.15, -0.1) is 0 Å². The van der Waals surface area contributed by atoms with Crippen LogP contribution in [0.15, 0.2) is 34.3 Å². The van der Waals surface area contributed by atoms with E-state index in [1.165, 1.54) is 12.1 Å². The molecule has 1 aromatic rings. The van der Waals surface area contributed by atoms with Crippen LogP contribution in [0.5, 0.6) is 0 Å². The number of nitro benzene ring substituents is 1. The van der Waals surface area contributed by atoms with Crippen LogP contribution in [-0.4, -0.2) is 10.4 Å². The summed E-state index contributed by atoms with van der Waals surface area (Å²) in [5, 5.41) is 13.7. The Hall–Kier alpha value is 0.1000. The minimum absolute atomic E-state index is 0.0121. The number of halogens is 5. The molecule has 0 heterocycles. The fourth-order valence-electron chi connectivity index (χ4n) is 1.29.